The lowest BCUT2D eigenvalue weighted by atomic mass is 9.72. The van der Waals surface area contributed by atoms with Crippen molar-refractivity contribution in [2.24, 2.45) is 17.4 Å². The Morgan fingerprint density at radius 3 is 1.60 bits per heavy atom. The summed E-state index contributed by atoms with van der Waals surface area (Å²) in [6.45, 7) is 3.25. The SMILES string of the molecule is CCc1nnc2n1-c1cc(-c3ccccc3)c(-c3ccc(C4(N)CCC4)cc3)nc1OC2.NC1(c2ccc(-c3nc4c(cc3-c3ccccc3)N(CC3CCC3)C(=O)CO4)cc2)CCC1. The summed E-state index contributed by atoms with van der Waals surface area (Å²) < 4.78 is 13.9. The fourth-order valence-corrected chi connectivity index (χ4v) is 9.83. The number of aromatic nitrogens is 5. The zero-order chi connectivity index (χ0) is 44.1. The molecule has 0 bridgehead atoms. The van der Waals surface area contributed by atoms with E-state index in [-0.39, 0.29) is 23.6 Å². The highest BCUT2D eigenvalue weighted by molar-refractivity contribution is 5.99. The Kier molecular flexibility index (Phi) is 10.5. The van der Waals surface area contributed by atoms with E-state index in [4.69, 9.17) is 30.9 Å². The number of amides is 1. The molecule has 0 atom stereocenters. The Morgan fingerprint density at radius 1 is 0.615 bits per heavy atom. The first-order chi connectivity index (χ1) is 31.8. The Bertz CT molecular complexity index is 2850. The third-order valence-electron chi connectivity index (χ3n) is 14.3. The van der Waals surface area contributed by atoms with Crippen LogP contribution in [0.5, 0.6) is 11.8 Å². The monoisotopic (exact) mass is 862 g/mol. The second-order valence-electron chi connectivity index (χ2n) is 18.4. The first kappa shape index (κ1) is 41.0. The van der Waals surface area contributed by atoms with Crippen LogP contribution >= 0.6 is 0 Å². The van der Waals surface area contributed by atoms with Gasteiger partial charge in [0.05, 0.1) is 11.4 Å². The minimum absolute atomic E-state index is 0.0149. The average molecular weight is 863 g/mol. The minimum Gasteiger partial charge on any atom is -0.468 e. The molecule has 5 heterocycles. The van der Waals surface area contributed by atoms with E-state index in [2.05, 4.69) is 119 Å². The van der Waals surface area contributed by atoms with Crippen molar-refractivity contribution in [3.05, 3.63) is 144 Å². The van der Waals surface area contributed by atoms with Gasteiger partial charge in [-0.25, -0.2) is 9.97 Å². The number of aryl methyl sites for hydroxylation is 1. The van der Waals surface area contributed by atoms with Crippen LogP contribution < -0.4 is 25.8 Å². The maximum Gasteiger partial charge on any atom is 0.265 e. The van der Waals surface area contributed by atoms with Crippen molar-refractivity contribution in [3.8, 4) is 62.2 Å². The van der Waals surface area contributed by atoms with Crippen molar-refractivity contribution in [3.63, 3.8) is 0 Å². The standard InChI is InChI=1S/C28H29N3O2.C26H25N5O/c29-28(14-5-15-28)22-12-10-21(11-13-22)26-23(20-8-2-1-3-9-20)16-24-27(30-26)33-18-25(32)31(24)17-19-6-4-7-19;1-2-22-29-30-23-16-32-25-21(31(22)23)15-20(17-7-4-3-5-8-17)24(28-25)18-9-11-19(12-10-18)26(27)13-6-14-26/h1-3,8-13,16,19H,4-7,14-15,17-18,29H2;3-5,7-12,15H,2,6,13-14,16,27H2,1H3. The first-order valence-corrected chi connectivity index (χ1v) is 23.3. The number of nitrogens with two attached hydrogens (primary N) is 2. The van der Waals surface area contributed by atoms with Gasteiger partial charge >= 0.3 is 0 Å². The number of pyridine rings is 2. The maximum atomic E-state index is 12.8. The molecule has 3 saturated carbocycles. The second kappa shape index (κ2) is 16.7. The molecule has 1 amide bonds. The lowest BCUT2D eigenvalue weighted by Crippen LogP contribution is -2.43. The Balaban J connectivity index is 0.000000144. The van der Waals surface area contributed by atoms with Crippen LogP contribution in [-0.2, 0) is 28.9 Å². The number of carbonyl (C=O) groups is 1. The van der Waals surface area contributed by atoms with Crippen molar-refractivity contribution >= 4 is 11.6 Å². The van der Waals surface area contributed by atoms with Gasteiger partial charge in [0, 0.05) is 46.3 Å². The van der Waals surface area contributed by atoms with E-state index >= 15 is 0 Å². The number of rotatable bonds is 9. The van der Waals surface area contributed by atoms with Crippen LogP contribution in [0.15, 0.2) is 121 Å². The average Bonchev–Trinajstić information content (AvgIpc) is 3.76. The number of anilines is 1. The molecule has 11 nitrogen and oxygen atoms in total. The number of ether oxygens (including phenoxy) is 2. The van der Waals surface area contributed by atoms with Gasteiger partial charge in [0.2, 0.25) is 11.8 Å². The summed E-state index contributed by atoms with van der Waals surface area (Å²) >= 11 is 0. The molecule has 5 aliphatic rings. The van der Waals surface area contributed by atoms with Crippen LogP contribution in [0.25, 0.3) is 50.5 Å². The predicted octanol–water partition coefficient (Wildman–Crippen LogP) is 10.1. The second-order valence-corrected chi connectivity index (χ2v) is 18.4. The summed E-state index contributed by atoms with van der Waals surface area (Å²) in [6, 6.07) is 41.9. The van der Waals surface area contributed by atoms with E-state index in [1.165, 1.54) is 43.2 Å². The summed E-state index contributed by atoms with van der Waals surface area (Å²) in [5.41, 5.74) is 24.8. The topological polar surface area (TPSA) is 147 Å². The third-order valence-corrected chi connectivity index (χ3v) is 14.3. The summed E-state index contributed by atoms with van der Waals surface area (Å²) in [7, 11) is 0. The van der Waals surface area contributed by atoms with E-state index in [9.17, 15) is 4.79 Å². The van der Waals surface area contributed by atoms with Crippen LogP contribution in [-0.4, -0.2) is 43.8 Å². The molecule has 2 aliphatic heterocycles. The zero-order valence-electron chi connectivity index (χ0n) is 36.9. The van der Waals surface area contributed by atoms with Crippen LogP contribution in [0.4, 0.5) is 5.69 Å². The first-order valence-electron chi connectivity index (χ1n) is 23.3. The highest BCUT2D eigenvalue weighted by Gasteiger charge is 2.36. The molecule has 3 aliphatic carbocycles. The molecule has 0 spiro atoms. The predicted molar refractivity (Wildman–Crippen MR) is 253 cm³/mol. The molecule has 0 radical (unpaired) electrons. The van der Waals surface area contributed by atoms with Gasteiger partial charge in [-0.1, -0.05) is 123 Å². The van der Waals surface area contributed by atoms with Crippen molar-refractivity contribution in [2.75, 3.05) is 18.1 Å². The van der Waals surface area contributed by atoms with Gasteiger partial charge in [-0.3, -0.25) is 9.36 Å². The molecule has 7 aromatic rings. The van der Waals surface area contributed by atoms with Crippen LogP contribution in [0.1, 0.15) is 87.5 Å². The zero-order valence-corrected chi connectivity index (χ0v) is 36.9. The van der Waals surface area contributed by atoms with Crippen molar-refractivity contribution in [1.82, 2.24) is 24.7 Å². The minimum atomic E-state index is -0.185. The molecular formula is C54H54N8O3. The molecule has 3 fully saturated rings. The molecule has 0 saturated heterocycles. The van der Waals surface area contributed by atoms with Crippen LogP contribution in [0.3, 0.4) is 0 Å². The summed E-state index contributed by atoms with van der Waals surface area (Å²) in [6.07, 6.45) is 11.0. The molecule has 4 N–H and O–H groups in total. The molecule has 328 valence electrons. The Hall–Kier alpha value is -6.69. The van der Waals surface area contributed by atoms with E-state index in [0.29, 0.717) is 24.3 Å². The van der Waals surface area contributed by atoms with Crippen molar-refractivity contribution in [1.29, 1.82) is 0 Å². The molecule has 65 heavy (non-hydrogen) atoms. The quantitative estimate of drug-likeness (QED) is 0.145. The van der Waals surface area contributed by atoms with Gasteiger partial charge in [-0.05, 0) is 91.7 Å². The largest absolute Gasteiger partial charge is 0.468 e. The normalized spacial score (nSPS) is 17.6. The van der Waals surface area contributed by atoms with Crippen molar-refractivity contribution < 1.29 is 14.3 Å². The summed E-state index contributed by atoms with van der Waals surface area (Å²) in [4.78, 5) is 24.6. The number of hydrogen-bond donors (Lipinski definition) is 2. The Morgan fingerprint density at radius 2 is 1.12 bits per heavy atom. The smallest absolute Gasteiger partial charge is 0.265 e. The molecule has 12 rings (SSSR count). The highest BCUT2D eigenvalue weighted by atomic mass is 16.5. The number of carbonyl (C=O) groups excluding carboxylic acids is 1. The number of benzene rings is 4. The lowest BCUT2D eigenvalue weighted by Gasteiger charge is -2.38. The number of nitrogens with zero attached hydrogens (tertiary/aromatic N) is 6. The lowest BCUT2D eigenvalue weighted by molar-refractivity contribution is -0.121. The highest BCUT2D eigenvalue weighted by Crippen LogP contribution is 2.45. The van der Waals surface area contributed by atoms with Crippen LogP contribution in [0, 0.1) is 5.92 Å². The summed E-state index contributed by atoms with van der Waals surface area (Å²) in [5.74, 6) is 3.46. The van der Waals surface area contributed by atoms with Gasteiger partial charge in [-0.15, -0.1) is 10.2 Å². The van der Waals surface area contributed by atoms with Gasteiger partial charge in [0.1, 0.15) is 17.2 Å². The van der Waals surface area contributed by atoms with Gasteiger partial charge in [-0.2, -0.15) is 0 Å². The molecule has 3 aromatic heterocycles. The van der Waals surface area contributed by atoms with Gasteiger partial charge in [0.15, 0.2) is 19.0 Å². The van der Waals surface area contributed by atoms with Gasteiger partial charge < -0.3 is 25.8 Å². The molecule has 11 heteroatoms. The van der Waals surface area contributed by atoms with E-state index in [1.807, 2.05) is 29.2 Å². The van der Waals surface area contributed by atoms with Gasteiger partial charge in [0.25, 0.3) is 5.91 Å². The van der Waals surface area contributed by atoms with E-state index in [1.54, 1.807) is 0 Å². The summed E-state index contributed by atoms with van der Waals surface area (Å²) in [5, 5.41) is 8.64. The Labute approximate surface area is 379 Å². The van der Waals surface area contributed by atoms with Crippen LogP contribution in [0.2, 0.25) is 0 Å². The molecular weight excluding hydrogens is 809 g/mol. The third kappa shape index (κ3) is 7.56. The van der Waals surface area contributed by atoms with Crippen molar-refractivity contribution in [2.45, 2.75) is 88.8 Å². The molecule has 4 aromatic carbocycles. The van der Waals surface area contributed by atoms with E-state index < -0.39 is 0 Å². The maximum absolute atomic E-state index is 12.8. The number of hydrogen-bond acceptors (Lipinski definition) is 9. The fraction of sp³-hybridized carbons (Fsp3) is 0.315. The fourth-order valence-electron chi connectivity index (χ4n) is 9.83. The molecule has 0 unspecified atom stereocenters. The number of fused-ring (bicyclic) bond motifs is 4. The van der Waals surface area contributed by atoms with E-state index in [0.717, 1.165) is 106 Å².